The van der Waals surface area contributed by atoms with Gasteiger partial charge >= 0.3 is 0 Å². The van der Waals surface area contributed by atoms with E-state index in [9.17, 15) is 5.11 Å². The monoisotopic (exact) mass is 374 g/mol. The van der Waals surface area contributed by atoms with Crippen LogP contribution in [0.4, 0.5) is 0 Å². The van der Waals surface area contributed by atoms with Crippen molar-refractivity contribution in [2.45, 2.75) is 70.4 Å². The molecular weight excluding hydrogens is 344 g/mol. The van der Waals surface area contributed by atoms with Crippen LogP contribution < -0.4 is 0 Å². The standard InChI is InChI=1S/C22H30O5/c1-4-19(18-10-11-18)26-16(3)21(13-23)27-20-12-15(2)25-22(20)24-14-17-8-6-5-7-9-17/h5-9,15-16,18,20-23H,1,10-14H2,2-3H3. The molecule has 0 radical (unpaired) electrons. The fraction of sp³-hybridized carbons (Fsp3) is 0.591. The van der Waals surface area contributed by atoms with Crippen LogP contribution in [0.1, 0.15) is 38.7 Å². The van der Waals surface area contributed by atoms with E-state index in [4.69, 9.17) is 18.9 Å². The zero-order valence-corrected chi connectivity index (χ0v) is 16.2. The summed E-state index contributed by atoms with van der Waals surface area (Å²) in [4.78, 5) is 0. The number of rotatable bonds is 10. The van der Waals surface area contributed by atoms with Crippen LogP contribution in [-0.4, -0.2) is 42.4 Å². The minimum absolute atomic E-state index is 0.0430. The minimum atomic E-state index is -0.464. The molecule has 0 bridgehead atoms. The van der Waals surface area contributed by atoms with Crippen molar-refractivity contribution in [2.75, 3.05) is 6.61 Å². The van der Waals surface area contributed by atoms with Gasteiger partial charge in [-0.25, -0.2) is 0 Å². The molecule has 1 saturated heterocycles. The first-order chi connectivity index (χ1) is 13.1. The summed E-state index contributed by atoms with van der Waals surface area (Å²) in [6.45, 7) is 7.94. The molecule has 1 heterocycles. The second-order valence-electron chi connectivity index (χ2n) is 7.38. The van der Waals surface area contributed by atoms with E-state index >= 15 is 0 Å². The lowest BCUT2D eigenvalue weighted by atomic mass is 10.2. The van der Waals surface area contributed by atoms with Crippen LogP contribution in [0.5, 0.6) is 0 Å². The van der Waals surface area contributed by atoms with Gasteiger partial charge in [0.1, 0.15) is 24.1 Å². The van der Waals surface area contributed by atoms with Crippen LogP contribution in [-0.2, 0) is 25.6 Å². The number of aliphatic hydroxyl groups is 1. The molecule has 1 aromatic carbocycles. The van der Waals surface area contributed by atoms with Gasteiger partial charge in [0.2, 0.25) is 0 Å². The van der Waals surface area contributed by atoms with Gasteiger partial charge in [-0.15, -0.1) is 0 Å². The molecule has 2 fully saturated rings. The fourth-order valence-corrected chi connectivity index (χ4v) is 3.26. The quantitative estimate of drug-likeness (QED) is 0.501. The number of ether oxygens (including phenoxy) is 4. The predicted molar refractivity (Wildman–Crippen MR) is 102 cm³/mol. The summed E-state index contributed by atoms with van der Waals surface area (Å²) in [5.41, 5.74) is 3.96. The SMILES string of the molecule is C=C=C(OC(C)C(CO)OC1CC(C)OC1OCc1ccccc1)C1CC1. The van der Waals surface area contributed by atoms with Crippen molar-refractivity contribution in [1.29, 1.82) is 0 Å². The van der Waals surface area contributed by atoms with Crippen molar-refractivity contribution < 1.29 is 24.1 Å². The number of allylic oxidation sites excluding steroid dienone is 1. The highest BCUT2D eigenvalue weighted by atomic mass is 16.7. The van der Waals surface area contributed by atoms with Gasteiger partial charge in [-0.1, -0.05) is 42.6 Å². The average molecular weight is 374 g/mol. The van der Waals surface area contributed by atoms with Crippen LogP contribution in [0.25, 0.3) is 0 Å². The number of benzene rings is 1. The molecule has 5 heteroatoms. The van der Waals surface area contributed by atoms with Crippen LogP contribution in [0.15, 0.2) is 48.4 Å². The molecule has 1 aliphatic carbocycles. The van der Waals surface area contributed by atoms with Gasteiger partial charge in [-0.3, -0.25) is 0 Å². The molecule has 5 nitrogen and oxygen atoms in total. The van der Waals surface area contributed by atoms with Crippen molar-refractivity contribution in [3.8, 4) is 0 Å². The molecule has 1 aliphatic heterocycles. The van der Waals surface area contributed by atoms with E-state index in [2.05, 4.69) is 12.3 Å². The first-order valence-electron chi connectivity index (χ1n) is 9.74. The summed E-state index contributed by atoms with van der Waals surface area (Å²) in [6, 6.07) is 9.97. The van der Waals surface area contributed by atoms with Crippen molar-refractivity contribution in [2.24, 2.45) is 5.92 Å². The Bertz CT molecular complexity index is 635. The Kier molecular flexibility index (Phi) is 7.11. The van der Waals surface area contributed by atoms with Crippen molar-refractivity contribution in [3.63, 3.8) is 0 Å². The van der Waals surface area contributed by atoms with Crippen LogP contribution in [0.2, 0.25) is 0 Å². The lowest BCUT2D eigenvalue weighted by Crippen LogP contribution is -2.39. The van der Waals surface area contributed by atoms with Gasteiger partial charge in [0.15, 0.2) is 6.29 Å². The van der Waals surface area contributed by atoms with Gasteiger partial charge in [0, 0.05) is 12.3 Å². The molecular formula is C22H30O5. The van der Waals surface area contributed by atoms with E-state index in [0.717, 1.165) is 30.6 Å². The molecule has 148 valence electrons. The third kappa shape index (κ3) is 5.68. The highest BCUT2D eigenvalue weighted by Crippen LogP contribution is 2.37. The normalized spacial score (nSPS) is 27.0. The van der Waals surface area contributed by atoms with Gasteiger partial charge in [-0.05, 0) is 32.3 Å². The maximum atomic E-state index is 9.82. The van der Waals surface area contributed by atoms with Crippen molar-refractivity contribution in [3.05, 3.63) is 54.0 Å². The summed E-state index contributed by atoms with van der Waals surface area (Å²) in [5, 5.41) is 9.82. The molecule has 5 atom stereocenters. The van der Waals surface area contributed by atoms with E-state index < -0.39 is 12.4 Å². The molecule has 1 saturated carbocycles. The Labute approximate surface area is 161 Å². The van der Waals surface area contributed by atoms with Crippen LogP contribution >= 0.6 is 0 Å². The Balaban J connectivity index is 1.55. The topological polar surface area (TPSA) is 57.2 Å². The lowest BCUT2D eigenvalue weighted by Gasteiger charge is -2.28. The first kappa shape index (κ1) is 20.1. The molecule has 2 aliphatic rings. The smallest absolute Gasteiger partial charge is 0.184 e. The molecule has 0 amide bonds. The van der Waals surface area contributed by atoms with E-state index in [1.54, 1.807) is 0 Å². The third-order valence-corrected chi connectivity index (χ3v) is 4.98. The van der Waals surface area contributed by atoms with Gasteiger partial charge in [-0.2, -0.15) is 0 Å². The molecule has 3 rings (SSSR count). The summed E-state index contributed by atoms with van der Waals surface area (Å²) in [5.74, 6) is 1.19. The summed E-state index contributed by atoms with van der Waals surface area (Å²) in [7, 11) is 0. The van der Waals surface area contributed by atoms with E-state index in [1.165, 1.54) is 0 Å². The Morgan fingerprint density at radius 3 is 2.70 bits per heavy atom. The maximum absolute atomic E-state index is 9.82. The van der Waals surface area contributed by atoms with E-state index in [0.29, 0.717) is 12.5 Å². The van der Waals surface area contributed by atoms with Gasteiger partial charge in [0.05, 0.1) is 19.3 Å². The number of hydrogen-bond donors (Lipinski definition) is 1. The molecule has 1 aromatic rings. The zero-order chi connectivity index (χ0) is 19.2. The second kappa shape index (κ2) is 9.54. The molecule has 1 N–H and O–H groups in total. The maximum Gasteiger partial charge on any atom is 0.184 e. The number of hydrogen-bond acceptors (Lipinski definition) is 5. The minimum Gasteiger partial charge on any atom is -0.484 e. The molecule has 0 aromatic heterocycles. The Morgan fingerprint density at radius 2 is 2.07 bits per heavy atom. The Hall–Kier alpha value is -1.62. The van der Waals surface area contributed by atoms with Gasteiger partial charge in [0.25, 0.3) is 0 Å². The van der Waals surface area contributed by atoms with Crippen molar-refractivity contribution >= 4 is 0 Å². The predicted octanol–water partition coefficient (Wildman–Crippen LogP) is 3.57. The lowest BCUT2D eigenvalue weighted by molar-refractivity contribution is -0.202. The fourth-order valence-electron chi connectivity index (χ4n) is 3.26. The zero-order valence-electron chi connectivity index (χ0n) is 16.2. The van der Waals surface area contributed by atoms with Crippen LogP contribution in [0.3, 0.4) is 0 Å². The van der Waals surface area contributed by atoms with Gasteiger partial charge < -0.3 is 24.1 Å². The molecule has 5 unspecified atom stereocenters. The molecule has 27 heavy (non-hydrogen) atoms. The number of aliphatic hydroxyl groups excluding tert-OH is 1. The highest BCUT2D eigenvalue weighted by Gasteiger charge is 2.38. The van der Waals surface area contributed by atoms with Crippen molar-refractivity contribution in [1.82, 2.24) is 0 Å². The summed E-state index contributed by atoms with van der Waals surface area (Å²) < 4.78 is 23.9. The summed E-state index contributed by atoms with van der Waals surface area (Å²) >= 11 is 0. The van der Waals surface area contributed by atoms with E-state index in [-0.39, 0.29) is 24.9 Å². The molecule has 0 spiro atoms. The highest BCUT2D eigenvalue weighted by molar-refractivity contribution is 5.13. The average Bonchev–Trinajstić information content (AvgIpc) is 3.46. The largest absolute Gasteiger partial charge is 0.484 e. The second-order valence-corrected chi connectivity index (χ2v) is 7.38. The Morgan fingerprint density at radius 1 is 1.33 bits per heavy atom. The first-order valence-corrected chi connectivity index (χ1v) is 9.74. The third-order valence-electron chi connectivity index (χ3n) is 4.98. The van der Waals surface area contributed by atoms with Crippen LogP contribution in [0, 0.1) is 5.92 Å². The summed E-state index contributed by atoms with van der Waals surface area (Å²) in [6.07, 6.45) is 1.51. The van der Waals surface area contributed by atoms with E-state index in [1.807, 2.05) is 44.2 Å².